The van der Waals surface area contributed by atoms with E-state index in [1.165, 1.54) is 5.56 Å². The molecule has 0 aromatic heterocycles. The maximum atomic E-state index is 11.8. The zero-order valence-corrected chi connectivity index (χ0v) is 20.9. The van der Waals surface area contributed by atoms with E-state index in [4.69, 9.17) is 14.0 Å². The second kappa shape index (κ2) is 10.9. The van der Waals surface area contributed by atoms with Gasteiger partial charge in [0, 0.05) is 12.6 Å². The van der Waals surface area contributed by atoms with Crippen LogP contribution in [0.4, 0.5) is 4.79 Å². The molecule has 1 aromatic carbocycles. The van der Waals surface area contributed by atoms with Gasteiger partial charge in [0.25, 0.3) is 0 Å². The molecule has 2 rings (SSSR count). The predicted octanol–water partition coefficient (Wildman–Crippen LogP) is 4.50. The molecule has 0 bridgehead atoms. The molecule has 1 aliphatic rings. The summed E-state index contributed by atoms with van der Waals surface area (Å²) in [5, 5.41) is 6.41. The largest absolute Gasteiger partial charge is 0.494 e. The van der Waals surface area contributed by atoms with Crippen molar-refractivity contribution in [2.24, 2.45) is 0 Å². The van der Waals surface area contributed by atoms with Crippen LogP contribution in [-0.4, -0.2) is 43.1 Å². The van der Waals surface area contributed by atoms with Crippen molar-refractivity contribution in [1.82, 2.24) is 10.6 Å². The lowest BCUT2D eigenvalue weighted by molar-refractivity contribution is 0.00578. The van der Waals surface area contributed by atoms with E-state index in [1.807, 2.05) is 26.8 Å². The Balaban J connectivity index is 1.89. The molecule has 6 nitrogen and oxygen atoms in total. The number of allylic oxidation sites excluding steroid dienone is 1. The van der Waals surface area contributed by atoms with E-state index in [0.717, 1.165) is 31.3 Å². The molecule has 1 atom stereocenters. The first kappa shape index (κ1) is 26.4. The van der Waals surface area contributed by atoms with Gasteiger partial charge in [0.05, 0.1) is 11.2 Å². The van der Waals surface area contributed by atoms with Crippen molar-refractivity contribution in [1.29, 1.82) is 0 Å². The zero-order valence-electron chi connectivity index (χ0n) is 20.9. The molecule has 1 amide bonds. The lowest BCUT2D eigenvalue weighted by Crippen LogP contribution is -2.41. The highest BCUT2D eigenvalue weighted by Gasteiger charge is 2.51. The number of rotatable bonds is 10. The van der Waals surface area contributed by atoms with Crippen molar-refractivity contribution in [3.8, 4) is 0 Å². The molecule has 1 aliphatic heterocycles. The lowest BCUT2D eigenvalue weighted by Gasteiger charge is -2.32. The standard InChI is InChI=1S/C25H41BN2O4/c1-9-10-12-21(27-17-11-18-28-22(29)30-23(2,3)4)19-13-15-20(16-14-19)26-31-24(5,6)25(7,8)32-26/h9,13-16,21,27H,1,10-12,17-18H2,2-8H3,(H,28,29). The molecule has 32 heavy (non-hydrogen) atoms. The van der Waals surface area contributed by atoms with Gasteiger partial charge in [-0.25, -0.2) is 4.79 Å². The second-order valence-electron chi connectivity index (χ2n) is 10.4. The lowest BCUT2D eigenvalue weighted by atomic mass is 9.78. The van der Waals surface area contributed by atoms with Gasteiger partial charge in [-0.1, -0.05) is 30.3 Å². The Hall–Kier alpha value is -1.83. The minimum atomic E-state index is -0.482. The highest BCUT2D eigenvalue weighted by Crippen LogP contribution is 2.36. The molecule has 0 spiro atoms. The maximum absolute atomic E-state index is 11.8. The fourth-order valence-electron chi connectivity index (χ4n) is 3.41. The van der Waals surface area contributed by atoms with Crippen molar-refractivity contribution in [2.75, 3.05) is 13.1 Å². The first-order valence-electron chi connectivity index (χ1n) is 11.6. The summed E-state index contributed by atoms with van der Waals surface area (Å²) in [6, 6.07) is 8.66. The Morgan fingerprint density at radius 3 is 2.25 bits per heavy atom. The number of nitrogens with one attached hydrogen (secondary N) is 2. The smallest absolute Gasteiger partial charge is 0.444 e. The van der Waals surface area contributed by atoms with E-state index < -0.39 is 5.60 Å². The molecule has 0 aliphatic carbocycles. The highest BCUT2D eigenvalue weighted by atomic mass is 16.7. The van der Waals surface area contributed by atoms with Crippen LogP contribution in [0.15, 0.2) is 36.9 Å². The number of amides is 1. The Morgan fingerprint density at radius 2 is 1.72 bits per heavy atom. The van der Waals surface area contributed by atoms with Gasteiger partial charge in [-0.15, -0.1) is 6.58 Å². The van der Waals surface area contributed by atoms with Crippen LogP contribution < -0.4 is 16.1 Å². The van der Waals surface area contributed by atoms with E-state index in [9.17, 15) is 4.79 Å². The highest BCUT2D eigenvalue weighted by molar-refractivity contribution is 6.62. The topological polar surface area (TPSA) is 68.8 Å². The third-order valence-electron chi connectivity index (χ3n) is 5.94. The molecule has 1 fully saturated rings. The van der Waals surface area contributed by atoms with Crippen molar-refractivity contribution in [3.63, 3.8) is 0 Å². The summed E-state index contributed by atoms with van der Waals surface area (Å²) in [6.07, 6.45) is 4.26. The summed E-state index contributed by atoms with van der Waals surface area (Å²) in [5.41, 5.74) is 1.06. The number of benzene rings is 1. The van der Waals surface area contributed by atoms with Crippen molar-refractivity contribution in [2.45, 2.75) is 90.6 Å². The summed E-state index contributed by atoms with van der Waals surface area (Å²) < 4.78 is 17.6. The molecule has 1 saturated heterocycles. The predicted molar refractivity (Wildman–Crippen MR) is 131 cm³/mol. The molecular formula is C25H41BN2O4. The van der Waals surface area contributed by atoms with Gasteiger partial charge < -0.3 is 24.7 Å². The van der Waals surface area contributed by atoms with Gasteiger partial charge in [-0.3, -0.25) is 0 Å². The molecule has 178 valence electrons. The summed E-state index contributed by atoms with van der Waals surface area (Å²) >= 11 is 0. The number of carbonyl (C=O) groups is 1. The van der Waals surface area contributed by atoms with E-state index in [1.54, 1.807) is 0 Å². The van der Waals surface area contributed by atoms with Crippen LogP contribution in [0.5, 0.6) is 0 Å². The van der Waals surface area contributed by atoms with Crippen LogP contribution in [0, 0.1) is 0 Å². The van der Waals surface area contributed by atoms with Crippen LogP contribution in [0.1, 0.15) is 79.3 Å². The molecular weight excluding hydrogens is 403 g/mol. The average molecular weight is 444 g/mol. The van der Waals surface area contributed by atoms with E-state index >= 15 is 0 Å². The summed E-state index contributed by atoms with van der Waals surface area (Å²) in [4.78, 5) is 11.8. The van der Waals surface area contributed by atoms with Crippen molar-refractivity contribution < 1.29 is 18.8 Å². The van der Waals surface area contributed by atoms with E-state index in [2.05, 4.69) is 69.2 Å². The summed E-state index contributed by atoms with van der Waals surface area (Å²) in [5.74, 6) is 0. The monoisotopic (exact) mass is 444 g/mol. The van der Waals surface area contributed by atoms with E-state index in [-0.39, 0.29) is 30.5 Å². The minimum absolute atomic E-state index is 0.210. The third kappa shape index (κ3) is 7.64. The Labute approximate surface area is 194 Å². The van der Waals surface area contributed by atoms with Gasteiger partial charge in [-0.05, 0) is 85.3 Å². The minimum Gasteiger partial charge on any atom is -0.444 e. The first-order chi connectivity index (χ1) is 14.8. The fraction of sp³-hybridized carbons (Fsp3) is 0.640. The Morgan fingerprint density at radius 1 is 1.12 bits per heavy atom. The van der Waals surface area contributed by atoms with Crippen LogP contribution >= 0.6 is 0 Å². The van der Waals surface area contributed by atoms with Gasteiger partial charge in [0.2, 0.25) is 0 Å². The van der Waals surface area contributed by atoms with Crippen molar-refractivity contribution >= 4 is 18.7 Å². The molecule has 7 heteroatoms. The molecule has 1 heterocycles. The maximum Gasteiger partial charge on any atom is 0.494 e. The summed E-state index contributed by atoms with van der Waals surface area (Å²) in [6.45, 7) is 19.0. The average Bonchev–Trinajstić information content (AvgIpc) is 2.90. The zero-order chi connectivity index (χ0) is 24.0. The Kier molecular flexibility index (Phi) is 8.97. The van der Waals surface area contributed by atoms with Crippen LogP contribution in [0.25, 0.3) is 0 Å². The van der Waals surface area contributed by atoms with Crippen LogP contribution in [-0.2, 0) is 14.0 Å². The van der Waals surface area contributed by atoms with E-state index in [0.29, 0.717) is 6.54 Å². The van der Waals surface area contributed by atoms with Gasteiger partial charge in [-0.2, -0.15) is 0 Å². The SMILES string of the molecule is C=CCCC(NCCCNC(=O)OC(C)(C)C)c1ccc(B2OC(C)(C)C(C)(C)O2)cc1. The first-order valence-corrected chi connectivity index (χ1v) is 11.6. The normalized spacial score (nSPS) is 18.3. The van der Waals surface area contributed by atoms with Gasteiger partial charge in [0.15, 0.2) is 0 Å². The van der Waals surface area contributed by atoms with Gasteiger partial charge in [0.1, 0.15) is 5.60 Å². The molecule has 0 radical (unpaired) electrons. The number of hydrogen-bond donors (Lipinski definition) is 2. The Bertz CT molecular complexity index is 740. The number of ether oxygens (including phenoxy) is 1. The summed E-state index contributed by atoms with van der Waals surface area (Å²) in [7, 11) is -0.354. The second-order valence-corrected chi connectivity index (χ2v) is 10.4. The quantitative estimate of drug-likeness (QED) is 0.316. The number of alkyl carbamates (subject to hydrolysis) is 1. The molecule has 1 unspecified atom stereocenters. The molecule has 0 saturated carbocycles. The molecule has 1 aromatic rings. The van der Waals surface area contributed by atoms with Gasteiger partial charge >= 0.3 is 13.2 Å². The van der Waals surface area contributed by atoms with Crippen LogP contribution in [0.2, 0.25) is 0 Å². The van der Waals surface area contributed by atoms with Crippen molar-refractivity contribution in [3.05, 3.63) is 42.5 Å². The fourth-order valence-corrected chi connectivity index (χ4v) is 3.41. The van der Waals surface area contributed by atoms with Crippen LogP contribution in [0.3, 0.4) is 0 Å². The number of hydrogen-bond acceptors (Lipinski definition) is 5. The third-order valence-corrected chi connectivity index (χ3v) is 5.94. The number of carbonyl (C=O) groups excluding carboxylic acids is 1. The molecule has 2 N–H and O–H groups in total.